The van der Waals surface area contributed by atoms with Crippen LogP contribution < -0.4 is 5.73 Å². The second-order valence-electron chi connectivity index (χ2n) is 4.99. The van der Waals surface area contributed by atoms with Crippen LogP contribution in [-0.4, -0.2) is 24.0 Å². The normalized spacial score (nSPS) is 15.1. The van der Waals surface area contributed by atoms with Crippen LogP contribution in [0.4, 0.5) is 4.39 Å². The van der Waals surface area contributed by atoms with Gasteiger partial charge in [0.1, 0.15) is 5.82 Å². The molecule has 0 amide bonds. The van der Waals surface area contributed by atoms with Crippen LogP contribution in [-0.2, 0) is 0 Å². The van der Waals surface area contributed by atoms with E-state index in [4.69, 9.17) is 5.73 Å². The van der Waals surface area contributed by atoms with Crippen LogP contribution in [0.5, 0.6) is 0 Å². The Morgan fingerprint density at radius 1 is 1.17 bits per heavy atom. The van der Waals surface area contributed by atoms with Crippen molar-refractivity contribution in [1.82, 2.24) is 4.90 Å². The molecule has 1 aromatic rings. The van der Waals surface area contributed by atoms with Gasteiger partial charge in [-0.05, 0) is 44.5 Å². The molecule has 2 N–H and O–H groups in total. The van der Waals surface area contributed by atoms with Gasteiger partial charge in [0.2, 0.25) is 0 Å². The van der Waals surface area contributed by atoms with E-state index in [1.165, 1.54) is 12.1 Å². The smallest absolute Gasteiger partial charge is 0.123 e. The van der Waals surface area contributed by atoms with E-state index >= 15 is 0 Å². The minimum Gasteiger partial charge on any atom is -0.326 e. The van der Waals surface area contributed by atoms with Crippen LogP contribution in [0.1, 0.15) is 45.2 Å². The highest BCUT2D eigenvalue weighted by atomic mass is 19.1. The molecule has 0 aliphatic carbocycles. The van der Waals surface area contributed by atoms with Gasteiger partial charge in [0.05, 0.1) is 0 Å². The third-order valence-electron chi connectivity index (χ3n) is 3.67. The Morgan fingerprint density at radius 3 is 2.06 bits per heavy atom. The van der Waals surface area contributed by atoms with Gasteiger partial charge in [0.25, 0.3) is 0 Å². The molecule has 0 aliphatic heterocycles. The lowest BCUT2D eigenvalue weighted by Gasteiger charge is -2.37. The lowest BCUT2D eigenvalue weighted by molar-refractivity contribution is 0.146. The Labute approximate surface area is 110 Å². The van der Waals surface area contributed by atoms with Crippen LogP contribution in [0.2, 0.25) is 0 Å². The summed E-state index contributed by atoms with van der Waals surface area (Å²) in [6.07, 6.45) is 2.19. The van der Waals surface area contributed by atoms with E-state index in [1.54, 1.807) is 0 Å². The second kappa shape index (κ2) is 6.86. The van der Waals surface area contributed by atoms with E-state index in [1.807, 2.05) is 19.1 Å². The Balaban J connectivity index is 2.98. The van der Waals surface area contributed by atoms with E-state index < -0.39 is 0 Å². The van der Waals surface area contributed by atoms with Crippen molar-refractivity contribution in [3.63, 3.8) is 0 Å². The van der Waals surface area contributed by atoms with Gasteiger partial charge in [0, 0.05) is 18.1 Å². The second-order valence-corrected chi connectivity index (χ2v) is 4.99. The molecule has 1 aromatic carbocycles. The molecular weight excluding hydrogens is 227 g/mol. The summed E-state index contributed by atoms with van der Waals surface area (Å²) in [5, 5.41) is 0. The number of rotatable bonds is 6. The first-order valence-corrected chi connectivity index (χ1v) is 6.74. The fraction of sp³-hybridized carbons (Fsp3) is 0.600. The monoisotopic (exact) mass is 252 g/mol. The fourth-order valence-corrected chi connectivity index (χ4v) is 2.66. The Morgan fingerprint density at radius 2 is 1.67 bits per heavy atom. The van der Waals surface area contributed by atoms with Crippen LogP contribution in [0.15, 0.2) is 24.3 Å². The highest BCUT2D eigenvalue weighted by Gasteiger charge is 2.25. The van der Waals surface area contributed by atoms with Crippen molar-refractivity contribution in [2.45, 2.75) is 51.7 Å². The summed E-state index contributed by atoms with van der Waals surface area (Å²) in [5.74, 6) is -0.202. The SMILES string of the molecule is CCC(CC)N(C)C(c1ccc(F)cc1)C(C)N. The molecule has 0 saturated carbocycles. The first kappa shape index (κ1) is 15.1. The molecule has 0 spiro atoms. The summed E-state index contributed by atoms with van der Waals surface area (Å²) >= 11 is 0. The van der Waals surface area contributed by atoms with Gasteiger partial charge < -0.3 is 5.73 Å². The van der Waals surface area contributed by atoms with Gasteiger partial charge in [-0.3, -0.25) is 4.90 Å². The molecule has 0 aliphatic rings. The number of likely N-dealkylation sites (N-methyl/N-ethyl adjacent to an activating group) is 1. The molecule has 0 aromatic heterocycles. The number of halogens is 1. The van der Waals surface area contributed by atoms with Crippen LogP contribution in [0.3, 0.4) is 0 Å². The van der Waals surface area contributed by atoms with Crippen LogP contribution in [0.25, 0.3) is 0 Å². The van der Waals surface area contributed by atoms with Gasteiger partial charge >= 0.3 is 0 Å². The molecule has 0 bridgehead atoms. The van der Waals surface area contributed by atoms with E-state index in [2.05, 4.69) is 25.8 Å². The van der Waals surface area contributed by atoms with Crippen molar-refractivity contribution in [2.75, 3.05) is 7.05 Å². The summed E-state index contributed by atoms with van der Waals surface area (Å²) < 4.78 is 13.0. The highest BCUT2D eigenvalue weighted by molar-refractivity contribution is 5.21. The predicted molar refractivity (Wildman–Crippen MR) is 74.9 cm³/mol. The molecule has 0 fully saturated rings. The van der Waals surface area contributed by atoms with Crippen molar-refractivity contribution in [3.05, 3.63) is 35.6 Å². The Hall–Kier alpha value is -0.930. The zero-order valence-corrected chi connectivity index (χ0v) is 11.9. The lowest BCUT2D eigenvalue weighted by Crippen LogP contribution is -2.42. The van der Waals surface area contributed by atoms with E-state index in [9.17, 15) is 4.39 Å². The average Bonchev–Trinajstić information content (AvgIpc) is 2.33. The van der Waals surface area contributed by atoms with E-state index in [-0.39, 0.29) is 17.9 Å². The number of nitrogens with zero attached hydrogens (tertiary/aromatic N) is 1. The molecular formula is C15H25FN2. The standard InChI is InChI=1S/C15H25FN2/c1-5-14(6-2)18(4)15(11(3)17)12-7-9-13(16)10-8-12/h7-11,14-15H,5-6,17H2,1-4H3. The molecule has 0 radical (unpaired) electrons. The van der Waals surface area contributed by atoms with Gasteiger partial charge in [-0.2, -0.15) is 0 Å². The first-order valence-electron chi connectivity index (χ1n) is 6.74. The molecule has 2 atom stereocenters. The summed E-state index contributed by atoms with van der Waals surface area (Å²) in [4.78, 5) is 2.32. The zero-order chi connectivity index (χ0) is 13.7. The van der Waals surface area contributed by atoms with Crippen molar-refractivity contribution < 1.29 is 4.39 Å². The predicted octanol–water partition coefficient (Wildman–Crippen LogP) is 3.33. The van der Waals surface area contributed by atoms with Crippen molar-refractivity contribution in [2.24, 2.45) is 5.73 Å². The van der Waals surface area contributed by atoms with Crippen molar-refractivity contribution >= 4 is 0 Å². The van der Waals surface area contributed by atoms with Crippen molar-refractivity contribution in [1.29, 1.82) is 0 Å². The number of nitrogens with two attached hydrogens (primary N) is 1. The summed E-state index contributed by atoms with van der Waals surface area (Å²) in [6, 6.07) is 7.34. The molecule has 2 unspecified atom stereocenters. The summed E-state index contributed by atoms with van der Waals surface area (Å²) in [5.41, 5.74) is 7.20. The molecule has 1 rings (SSSR count). The van der Waals surface area contributed by atoms with Gasteiger partial charge in [-0.1, -0.05) is 26.0 Å². The van der Waals surface area contributed by atoms with E-state index in [0.29, 0.717) is 6.04 Å². The zero-order valence-electron chi connectivity index (χ0n) is 11.9. The molecule has 0 saturated heterocycles. The average molecular weight is 252 g/mol. The quantitative estimate of drug-likeness (QED) is 0.841. The van der Waals surface area contributed by atoms with Gasteiger partial charge in [0.15, 0.2) is 0 Å². The maximum Gasteiger partial charge on any atom is 0.123 e. The summed E-state index contributed by atoms with van der Waals surface area (Å²) in [7, 11) is 2.11. The summed E-state index contributed by atoms with van der Waals surface area (Å²) in [6.45, 7) is 6.38. The molecule has 18 heavy (non-hydrogen) atoms. The lowest BCUT2D eigenvalue weighted by atomic mass is 9.96. The highest BCUT2D eigenvalue weighted by Crippen LogP contribution is 2.26. The Kier molecular flexibility index (Phi) is 5.76. The first-order chi connectivity index (χ1) is 8.51. The number of hydrogen-bond acceptors (Lipinski definition) is 2. The third kappa shape index (κ3) is 3.53. The third-order valence-corrected chi connectivity index (χ3v) is 3.67. The topological polar surface area (TPSA) is 29.3 Å². The minimum atomic E-state index is -0.202. The number of benzene rings is 1. The molecule has 0 heterocycles. The van der Waals surface area contributed by atoms with Gasteiger partial charge in [-0.25, -0.2) is 4.39 Å². The number of hydrogen-bond donors (Lipinski definition) is 1. The molecule has 3 heteroatoms. The van der Waals surface area contributed by atoms with Crippen molar-refractivity contribution in [3.8, 4) is 0 Å². The Bertz CT molecular complexity index is 344. The van der Waals surface area contributed by atoms with Gasteiger partial charge in [-0.15, -0.1) is 0 Å². The fourth-order valence-electron chi connectivity index (χ4n) is 2.66. The largest absolute Gasteiger partial charge is 0.326 e. The molecule has 102 valence electrons. The maximum atomic E-state index is 13.0. The van der Waals surface area contributed by atoms with Crippen LogP contribution in [0, 0.1) is 5.82 Å². The maximum absolute atomic E-state index is 13.0. The molecule has 2 nitrogen and oxygen atoms in total. The minimum absolute atomic E-state index is 0.0149. The van der Waals surface area contributed by atoms with E-state index in [0.717, 1.165) is 18.4 Å². The van der Waals surface area contributed by atoms with Crippen LogP contribution >= 0.6 is 0 Å².